The van der Waals surface area contributed by atoms with Gasteiger partial charge in [-0.3, -0.25) is 14.9 Å². The first-order chi connectivity index (χ1) is 13.3. The molecule has 0 heterocycles. The van der Waals surface area contributed by atoms with E-state index < -0.39 is 6.09 Å². The van der Waals surface area contributed by atoms with E-state index >= 15 is 0 Å². The molecule has 148 valence electrons. The van der Waals surface area contributed by atoms with Crippen LogP contribution in [0.3, 0.4) is 0 Å². The number of nitrogens with one attached hydrogen (secondary N) is 2. The van der Waals surface area contributed by atoms with Gasteiger partial charge >= 0.3 is 6.09 Å². The van der Waals surface area contributed by atoms with Crippen LogP contribution in [-0.2, 0) is 9.53 Å². The highest BCUT2D eigenvalue weighted by Crippen LogP contribution is 2.25. The van der Waals surface area contributed by atoms with Crippen molar-refractivity contribution in [2.75, 3.05) is 30.8 Å². The van der Waals surface area contributed by atoms with E-state index in [0.717, 1.165) is 0 Å². The minimum absolute atomic E-state index is 0.151. The molecular formula is C19H19Cl2N3O4. The van der Waals surface area contributed by atoms with Crippen LogP contribution >= 0.6 is 23.2 Å². The largest absolute Gasteiger partial charge is 0.450 e. The fourth-order valence-electron chi connectivity index (χ4n) is 2.26. The minimum Gasteiger partial charge on any atom is -0.450 e. The maximum atomic E-state index is 12.5. The number of hydrogen-bond acceptors (Lipinski definition) is 4. The zero-order valence-electron chi connectivity index (χ0n) is 15.3. The average Bonchev–Trinajstić information content (AvgIpc) is 2.65. The molecule has 2 rings (SSSR count). The van der Waals surface area contributed by atoms with Crippen LogP contribution in [0.1, 0.15) is 17.3 Å². The molecule has 2 aromatic carbocycles. The van der Waals surface area contributed by atoms with Crippen LogP contribution in [0.5, 0.6) is 0 Å². The number of likely N-dealkylation sites (N-methyl/N-ethyl adjacent to an activating group) is 1. The van der Waals surface area contributed by atoms with E-state index in [1.54, 1.807) is 43.3 Å². The van der Waals surface area contributed by atoms with Gasteiger partial charge in [0.05, 0.1) is 23.2 Å². The van der Waals surface area contributed by atoms with E-state index in [1.807, 2.05) is 0 Å². The Kier molecular flexibility index (Phi) is 7.66. The summed E-state index contributed by atoms with van der Waals surface area (Å²) in [7, 11) is 1.52. The molecule has 2 N–H and O–H groups in total. The van der Waals surface area contributed by atoms with Crippen LogP contribution in [0.25, 0.3) is 0 Å². The maximum Gasteiger partial charge on any atom is 0.411 e. The quantitative estimate of drug-likeness (QED) is 0.725. The van der Waals surface area contributed by atoms with Crippen LogP contribution in [-0.4, -0.2) is 43.0 Å². The van der Waals surface area contributed by atoms with E-state index in [4.69, 9.17) is 27.9 Å². The van der Waals surface area contributed by atoms with Gasteiger partial charge in [-0.05, 0) is 49.4 Å². The first kappa shape index (κ1) is 21.5. The van der Waals surface area contributed by atoms with E-state index in [2.05, 4.69) is 10.6 Å². The van der Waals surface area contributed by atoms with Crippen molar-refractivity contribution >= 4 is 52.5 Å². The van der Waals surface area contributed by atoms with Crippen LogP contribution in [0.4, 0.5) is 16.2 Å². The number of carbonyl (C=O) groups excluding carboxylic acids is 3. The summed E-state index contributed by atoms with van der Waals surface area (Å²) in [4.78, 5) is 37.3. The molecule has 9 heteroatoms. The summed E-state index contributed by atoms with van der Waals surface area (Å²) in [5.74, 6) is -0.721. The van der Waals surface area contributed by atoms with Gasteiger partial charge in [0.15, 0.2) is 0 Å². The van der Waals surface area contributed by atoms with Gasteiger partial charge in [0, 0.05) is 24.0 Å². The molecule has 0 saturated heterocycles. The van der Waals surface area contributed by atoms with Gasteiger partial charge in [0.1, 0.15) is 0 Å². The van der Waals surface area contributed by atoms with Gasteiger partial charge in [-0.1, -0.05) is 23.2 Å². The summed E-state index contributed by atoms with van der Waals surface area (Å²) < 4.78 is 4.78. The Bertz CT molecular complexity index is 872. The summed E-state index contributed by atoms with van der Waals surface area (Å²) >= 11 is 11.8. The normalized spacial score (nSPS) is 10.1. The number of nitrogens with zero attached hydrogens (tertiary/aromatic N) is 1. The third-order valence-electron chi connectivity index (χ3n) is 3.58. The van der Waals surface area contributed by atoms with Crippen LogP contribution in [0.2, 0.25) is 10.0 Å². The van der Waals surface area contributed by atoms with Crippen molar-refractivity contribution in [1.82, 2.24) is 4.90 Å². The molecule has 7 nitrogen and oxygen atoms in total. The molecule has 2 aromatic rings. The van der Waals surface area contributed by atoms with E-state index in [-0.39, 0.29) is 25.0 Å². The number of halogens is 2. The highest BCUT2D eigenvalue weighted by Gasteiger charge is 2.15. The Morgan fingerprint density at radius 1 is 0.964 bits per heavy atom. The lowest BCUT2D eigenvalue weighted by Crippen LogP contribution is -2.34. The topological polar surface area (TPSA) is 87.7 Å². The second kappa shape index (κ2) is 9.96. The van der Waals surface area contributed by atoms with Crippen molar-refractivity contribution in [1.29, 1.82) is 0 Å². The van der Waals surface area contributed by atoms with Crippen molar-refractivity contribution in [2.45, 2.75) is 6.92 Å². The van der Waals surface area contributed by atoms with Gasteiger partial charge in [-0.15, -0.1) is 0 Å². The summed E-state index contributed by atoms with van der Waals surface area (Å²) in [5.41, 5.74) is 1.35. The fourth-order valence-corrected chi connectivity index (χ4v) is 2.56. The number of benzene rings is 2. The van der Waals surface area contributed by atoms with Crippen molar-refractivity contribution in [2.24, 2.45) is 0 Å². The fraction of sp³-hybridized carbons (Fsp3) is 0.211. The highest BCUT2D eigenvalue weighted by molar-refractivity contribution is 6.42. The van der Waals surface area contributed by atoms with E-state index in [0.29, 0.717) is 27.0 Å². The standard InChI is InChI=1S/C19H19Cl2N3O4/c1-3-28-19(27)23-13-6-4-12(5-7-13)18(26)24(2)11-17(25)22-14-8-9-15(20)16(21)10-14/h4-10H,3,11H2,1-2H3,(H,22,25)(H,23,27). The third-order valence-corrected chi connectivity index (χ3v) is 4.32. The van der Waals surface area contributed by atoms with Crippen LogP contribution in [0, 0.1) is 0 Å². The Labute approximate surface area is 172 Å². The molecule has 0 aliphatic rings. The van der Waals surface area contributed by atoms with Gasteiger partial charge < -0.3 is 15.0 Å². The van der Waals surface area contributed by atoms with E-state index in [1.165, 1.54) is 18.0 Å². The van der Waals surface area contributed by atoms with Crippen LogP contribution in [0.15, 0.2) is 42.5 Å². The summed E-state index contributed by atoms with van der Waals surface area (Å²) in [6.45, 7) is 1.81. The molecule has 0 aromatic heterocycles. The molecule has 0 fully saturated rings. The molecule has 0 saturated carbocycles. The molecule has 0 bridgehead atoms. The second-order valence-corrected chi connectivity index (χ2v) is 6.58. The van der Waals surface area contributed by atoms with Crippen molar-refractivity contribution in [3.8, 4) is 0 Å². The maximum absolute atomic E-state index is 12.5. The number of anilines is 2. The lowest BCUT2D eigenvalue weighted by Gasteiger charge is -2.17. The molecular weight excluding hydrogens is 405 g/mol. The Morgan fingerprint density at radius 2 is 1.61 bits per heavy atom. The molecule has 0 aliphatic heterocycles. The second-order valence-electron chi connectivity index (χ2n) is 5.76. The number of amides is 3. The van der Waals surface area contributed by atoms with Gasteiger partial charge in [0.2, 0.25) is 5.91 Å². The van der Waals surface area contributed by atoms with Gasteiger partial charge in [0.25, 0.3) is 5.91 Å². The number of ether oxygens (including phenoxy) is 1. The number of rotatable bonds is 6. The monoisotopic (exact) mass is 423 g/mol. The summed E-state index contributed by atoms with van der Waals surface area (Å²) in [6, 6.07) is 11.0. The summed E-state index contributed by atoms with van der Waals surface area (Å²) in [5, 5.41) is 5.89. The molecule has 28 heavy (non-hydrogen) atoms. The Hall–Kier alpha value is -2.77. The van der Waals surface area contributed by atoms with E-state index in [9.17, 15) is 14.4 Å². The number of carbonyl (C=O) groups is 3. The molecule has 0 atom stereocenters. The molecule has 0 aliphatic carbocycles. The molecule has 0 spiro atoms. The SMILES string of the molecule is CCOC(=O)Nc1ccc(C(=O)N(C)CC(=O)Nc2ccc(Cl)c(Cl)c2)cc1. The zero-order chi connectivity index (χ0) is 20.7. The third kappa shape index (κ3) is 6.14. The smallest absolute Gasteiger partial charge is 0.411 e. The number of hydrogen-bond donors (Lipinski definition) is 2. The Morgan fingerprint density at radius 3 is 2.21 bits per heavy atom. The zero-order valence-corrected chi connectivity index (χ0v) is 16.8. The molecule has 0 radical (unpaired) electrons. The highest BCUT2D eigenvalue weighted by atomic mass is 35.5. The average molecular weight is 424 g/mol. The Balaban J connectivity index is 1.93. The lowest BCUT2D eigenvalue weighted by atomic mass is 10.2. The predicted molar refractivity (Wildman–Crippen MR) is 109 cm³/mol. The minimum atomic E-state index is -0.572. The van der Waals surface area contributed by atoms with Crippen molar-refractivity contribution in [3.63, 3.8) is 0 Å². The first-order valence-corrected chi connectivity index (χ1v) is 9.10. The molecule has 3 amide bonds. The predicted octanol–water partition coefficient (Wildman–Crippen LogP) is 4.27. The van der Waals surface area contributed by atoms with Gasteiger partial charge in [-0.25, -0.2) is 4.79 Å². The van der Waals surface area contributed by atoms with Crippen molar-refractivity contribution in [3.05, 3.63) is 58.1 Å². The summed E-state index contributed by atoms with van der Waals surface area (Å²) in [6.07, 6.45) is -0.572. The lowest BCUT2D eigenvalue weighted by molar-refractivity contribution is -0.116. The van der Waals surface area contributed by atoms with Crippen LogP contribution < -0.4 is 10.6 Å². The van der Waals surface area contributed by atoms with Gasteiger partial charge in [-0.2, -0.15) is 0 Å². The first-order valence-electron chi connectivity index (χ1n) is 8.34. The molecule has 0 unspecified atom stereocenters. The van der Waals surface area contributed by atoms with Crippen molar-refractivity contribution < 1.29 is 19.1 Å².